The number of hydrogen-bond donors (Lipinski definition) is 3. The number of carboxylic acid groups (broad SMARTS) is 1. The van der Waals surface area contributed by atoms with Crippen molar-refractivity contribution in [3.8, 4) is 22.6 Å². The summed E-state index contributed by atoms with van der Waals surface area (Å²) in [5.41, 5.74) is 2.14. The van der Waals surface area contributed by atoms with E-state index in [-0.39, 0.29) is 17.7 Å². The third-order valence-electron chi connectivity index (χ3n) is 5.17. The Morgan fingerprint density at radius 1 is 1.12 bits per heavy atom. The number of aliphatic carboxylic acids is 1. The highest BCUT2D eigenvalue weighted by atomic mass is 19.1. The number of nitrogens with zero attached hydrogens (tertiary/aromatic N) is 1. The molecule has 4 aromatic rings. The number of carbonyl (C=O) groups is 1. The number of anilines is 1. The van der Waals surface area contributed by atoms with Gasteiger partial charge < -0.3 is 24.7 Å². The highest BCUT2D eigenvalue weighted by Gasteiger charge is 2.17. The summed E-state index contributed by atoms with van der Waals surface area (Å²) >= 11 is 0. The van der Waals surface area contributed by atoms with Gasteiger partial charge in [-0.3, -0.25) is 9.59 Å². The number of fused-ring (bicyclic) bond motifs is 1. The fourth-order valence-corrected chi connectivity index (χ4v) is 3.57. The number of aromatic amines is 1. The number of nitrogens with one attached hydrogen (secondary N) is 2. The molecular formula is C24H21F2N3O4. The molecule has 0 saturated carbocycles. The van der Waals surface area contributed by atoms with Crippen LogP contribution in [0.5, 0.6) is 11.5 Å². The van der Waals surface area contributed by atoms with Crippen molar-refractivity contribution in [2.24, 2.45) is 7.05 Å². The van der Waals surface area contributed by atoms with Gasteiger partial charge in [0.2, 0.25) is 0 Å². The SMILES string of the molecule is Cn1cc(-c2cc(NCCCC(=O)O)ccc2Oc2ccc(F)cc2F)c2cc[nH]c2c1=O. The minimum absolute atomic E-state index is 0.0374. The smallest absolute Gasteiger partial charge is 0.303 e. The van der Waals surface area contributed by atoms with Gasteiger partial charge in [0.15, 0.2) is 11.6 Å². The zero-order valence-electron chi connectivity index (χ0n) is 17.7. The van der Waals surface area contributed by atoms with Gasteiger partial charge in [0.25, 0.3) is 5.56 Å². The lowest BCUT2D eigenvalue weighted by Crippen LogP contribution is -2.16. The normalized spacial score (nSPS) is 11.0. The van der Waals surface area contributed by atoms with Gasteiger partial charge in [-0.05, 0) is 42.8 Å². The Morgan fingerprint density at radius 2 is 1.91 bits per heavy atom. The molecular weight excluding hydrogens is 432 g/mol. The lowest BCUT2D eigenvalue weighted by Gasteiger charge is -2.16. The van der Waals surface area contributed by atoms with Crippen LogP contribution in [-0.4, -0.2) is 27.2 Å². The maximum atomic E-state index is 14.3. The van der Waals surface area contributed by atoms with Crippen LogP contribution in [0.4, 0.5) is 14.5 Å². The van der Waals surface area contributed by atoms with E-state index in [2.05, 4.69) is 10.3 Å². The Bertz CT molecular complexity index is 1390. The van der Waals surface area contributed by atoms with Crippen LogP contribution in [0.2, 0.25) is 0 Å². The maximum absolute atomic E-state index is 14.3. The highest BCUT2D eigenvalue weighted by Crippen LogP contribution is 2.38. The fraction of sp³-hybridized carbons (Fsp3) is 0.167. The number of pyridine rings is 1. The molecule has 2 heterocycles. The molecule has 0 radical (unpaired) electrons. The molecule has 0 spiro atoms. The summed E-state index contributed by atoms with van der Waals surface area (Å²) in [6.07, 6.45) is 3.79. The van der Waals surface area contributed by atoms with Gasteiger partial charge in [-0.15, -0.1) is 0 Å². The van der Waals surface area contributed by atoms with Crippen LogP contribution in [0.3, 0.4) is 0 Å². The van der Waals surface area contributed by atoms with Crippen molar-refractivity contribution in [2.75, 3.05) is 11.9 Å². The largest absolute Gasteiger partial charge is 0.481 e. The first kappa shape index (κ1) is 22.1. The molecule has 4 rings (SSSR count). The average Bonchev–Trinajstić information content (AvgIpc) is 3.27. The Balaban J connectivity index is 1.79. The molecule has 0 aliphatic carbocycles. The fourth-order valence-electron chi connectivity index (χ4n) is 3.57. The van der Waals surface area contributed by atoms with Gasteiger partial charge in [-0.1, -0.05) is 0 Å². The standard InChI is InChI=1S/C24H21F2N3O4/c1-29-13-18(16-8-10-28-23(16)24(29)32)17-12-15(27-9-2-3-22(30)31)5-7-20(17)33-21-6-4-14(25)11-19(21)26/h4-8,10-13,27-28H,2-3,9H2,1H3,(H,30,31). The van der Waals surface area contributed by atoms with Gasteiger partial charge >= 0.3 is 5.97 Å². The summed E-state index contributed by atoms with van der Waals surface area (Å²) in [6.45, 7) is 0.436. The van der Waals surface area contributed by atoms with Crippen molar-refractivity contribution in [1.82, 2.24) is 9.55 Å². The number of aryl methyl sites for hydroxylation is 1. The summed E-state index contributed by atoms with van der Waals surface area (Å²) in [5, 5.41) is 12.6. The molecule has 0 unspecified atom stereocenters. The second-order valence-corrected chi connectivity index (χ2v) is 7.54. The monoisotopic (exact) mass is 453 g/mol. The van der Waals surface area contributed by atoms with Crippen LogP contribution in [0.25, 0.3) is 22.0 Å². The Morgan fingerprint density at radius 3 is 2.67 bits per heavy atom. The number of rotatable bonds is 8. The van der Waals surface area contributed by atoms with E-state index in [1.807, 2.05) is 0 Å². The Kier molecular flexibility index (Phi) is 6.12. The van der Waals surface area contributed by atoms with E-state index in [1.165, 1.54) is 10.6 Å². The van der Waals surface area contributed by atoms with Crippen molar-refractivity contribution in [2.45, 2.75) is 12.8 Å². The van der Waals surface area contributed by atoms with E-state index in [4.69, 9.17) is 9.84 Å². The zero-order valence-corrected chi connectivity index (χ0v) is 17.7. The topological polar surface area (TPSA) is 96.3 Å². The zero-order chi connectivity index (χ0) is 23.5. The molecule has 0 fully saturated rings. The van der Waals surface area contributed by atoms with E-state index in [0.717, 1.165) is 12.1 Å². The molecule has 7 nitrogen and oxygen atoms in total. The van der Waals surface area contributed by atoms with Crippen molar-refractivity contribution < 1.29 is 23.4 Å². The first-order valence-electron chi connectivity index (χ1n) is 10.2. The molecule has 0 aliphatic rings. The van der Waals surface area contributed by atoms with Crippen molar-refractivity contribution in [3.05, 3.63) is 76.8 Å². The quantitative estimate of drug-likeness (QED) is 0.331. The summed E-state index contributed by atoms with van der Waals surface area (Å²) in [7, 11) is 1.63. The predicted octanol–water partition coefficient (Wildman–Crippen LogP) is 4.88. The minimum Gasteiger partial charge on any atom is -0.481 e. The number of aromatic nitrogens is 2. The van der Waals surface area contributed by atoms with E-state index >= 15 is 0 Å². The average molecular weight is 453 g/mol. The maximum Gasteiger partial charge on any atom is 0.303 e. The van der Waals surface area contributed by atoms with E-state index in [0.29, 0.717) is 46.4 Å². The van der Waals surface area contributed by atoms with Gasteiger partial charge in [0, 0.05) is 60.7 Å². The summed E-state index contributed by atoms with van der Waals surface area (Å²) < 4.78 is 34.8. The first-order valence-corrected chi connectivity index (χ1v) is 10.2. The summed E-state index contributed by atoms with van der Waals surface area (Å²) in [4.78, 5) is 26.2. The van der Waals surface area contributed by atoms with Crippen molar-refractivity contribution in [3.63, 3.8) is 0 Å². The third-order valence-corrected chi connectivity index (χ3v) is 5.17. The number of hydrogen-bond acceptors (Lipinski definition) is 4. The van der Waals surface area contributed by atoms with Gasteiger partial charge in [0.05, 0.1) is 0 Å². The molecule has 2 aromatic carbocycles. The Hall–Kier alpha value is -4.14. The molecule has 0 amide bonds. The van der Waals surface area contributed by atoms with Gasteiger partial charge in [0.1, 0.15) is 17.1 Å². The lowest BCUT2D eigenvalue weighted by atomic mass is 10.0. The number of H-pyrrole nitrogens is 1. The van der Waals surface area contributed by atoms with E-state index in [9.17, 15) is 18.4 Å². The molecule has 9 heteroatoms. The molecule has 0 saturated heterocycles. The van der Waals surface area contributed by atoms with E-state index in [1.54, 1.807) is 43.7 Å². The van der Waals surface area contributed by atoms with Crippen LogP contribution in [0.1, 0.15) is 12.8 Å². The van der Waals surface area contributed by atoms with E-state index < -0.39 is 17.6 Å². The second-order valence-electron chi connectivity index (χ2n) is 7.54. The number of ether oxygens (including phenoxy) is 1. The molecule has 33 heavy (non-hydrogen) atoms. The van der Waals surface area contributed by atoms with Crippen LogP contribution in [-0.2, 0) is 11.8 Å². The molecule has 0 aliphatic heterocycles. The molecule has 2 aromatic heterocycles. The van der Waals surface area contributed by atoms with Crippen molar-refractivity contribution in [1.29, 1.82) is 0 Å². The highest BCUT2D eigenvalue weighted by molar-refractivity contribution is 5.96. The van der Waals surface area contributed by atoms with Crippen LogP contribution < -0.4 is 15.6 Å². The van der Waals surface area contributed by atoms with Crippen LogP contribution >= 0.6 is 0 Å². The lowest BCUT2D eigenvalue weighted by molar-refractivity contribution is -0.137. The van der Waals surface area contributed by atoms with Crippen molar-refractivity contribution >= 4 is 22.6 Å². The van der Waals surface area contributed by atoms with Crippen LogP contribution in [0, 0.1) is 11.6 Å². The number of benzene rings is 2. The number of halogens is 2. The minimum atomic E-state index is -0.873. The summed E-state index contributed by atoms with van der Waals surface area (Å²) in [5.74, 6) is -2.27. The van der Waals surface area contributed by atoms with Gasteiger partial charge in [-0.25, -0.2) is 8.78 Å². The molecule has 170 valence electrons. The summed E-state index contributed by atoms with van der Waals surface area (Å²) in [6, 6.07) is 9.96. The van der Waals surface area contributed by atoms with Gasteiger partial charge in [-0.2, -0.15) is 0 Å². The van der Waals surface area contributed by atoms with Crippen LogP contribution in [0.15, 0.2) is 59.7 Å². The second kappa shape index (κ2) is 9.15. The molecule has 0 atom stereocenters. The first-order chi connectivity index (χ1) is 15.8. The molecule has 0 bridgehead atoms. The third kappa shape index (κ3) is 4.72. The Labute approximate surface area is 187 Å². The predicted molar refractivity (Wildman–Crippen MR) is 121 cm³/mol. The number of carboxylic acids is 1. The molecule has 3 N–H and O–H groups in total.